The summed E-state index contributed by atoms with van der Waals surface area (Å²) in [4.78, 5) is 14.7. The van der Waals surface area contributed by atoms with E-state index in [4.69, 9.17) is 0 Å². The molecule has 1 fully saturated rings. The summed E-state index contributed by atoms with van der Waals surface area (Å²) in [5.74, 6) is 0.621. The van der Waals surface area contributed by atoms with E-state index < -0.39 is 0 Å². The summed E-state index contributed by atoms with van der Waals surface area (Å²) >= 11 is 0. The Kier molecular flexibility index (Phi) is 5.09. The molecule has 120 valence electrons. The number of aryl methyl sites for hydroxylation is 1. The van der Waals surface area contributed by atoms with Crippen LogP contribution >= 0.6 is 0 Å². The highest BCUT2D eigenvalue weighted by molar-refractivity contribution is 6.03. The zero-order valence-corrected chi connectivity index (χ0v) is 13.7. The number of hydrogen-bond acceptors (Lipinski definition) is 2. The summed E-state index contributed by atoms with van der Waals surface area (Å²) in [6.45, 7) is 3.23. The maximum Gasteiger partial charge on any atom is 0.201 e. The van der Waals surface area contributed by atoms with E-state index in [1.165, 1.54) is 5.56 Å². The van der Waals surface area contributed by atoms with Gasteiger partial charge in [-0.05, 0) is 55.6 Å². The molecule has 2 aromatic rings. The molecule has 3 heteroatoms. The summed E-state index contributed by atoms with van der Waals surface area (Å²) in [6.07, 6.45) is 8.03. The number of piperidine rings is 1. The first kappa shape index (κ1) is 15.8. The Morgan fingerprint density at radius 2 is 1.87 bits per heavy atom. The fraction of sp³-hybridized carbons (Fsp3) is 0.350. The van der Waals surface area contributed by atoms with Crippen molar-refractivity contribution < 1.29 is 4.79 Å². The molecule has 3 rings (SSSR count). The molecule has 0 aliphatic carbocycles. The van der Waals surface area contributed by atoms with Crippen molar-refractivity contribution in [3.63, 3.8) is 0 Å². The largest absolute Gasteiger partial charge is 0.348 e. The normalized spacial score (nSPS) is 16.9. The summed E-state index contributed by atoms with van der Waals surface area (Å²) in [6, 6.07) is 14.4. The topological polar surface area (TPSA) is 25.2 Å². The number of aromatic nitrogens is 1. The van der Waals surface area contributed by atoms with Crippen molar-refractivity contribution in [2.75, 3.05) is 13.1 Å². The van der Waals surface area contributed by atoms with Crippen molar-refractivity contribution in [2.45, 2.75) is 19.4 Å². The second-order valence-corrected chi connectivity index (χ2v) is 6.33. The van der Waals surface area contributed by atoms with Crippen molar-refractivity contribution >= 4 is 5.78 Å². The molecule has 0 amide bonds. The Balaban J connectivity index is 1.48. The van der Waals surface area contributed by atoms with Crippen LogP contribution in [0.5, 0.6) is 0 Å². The number of carbonyl (C=O) groups is 1. The van der Waals surface area contributed by atoms with Crippen molar-refractivity contribution in [3.05, 3.63) is 72.1 Å². The highest BCUT2D eigenvalue weighted by atomic mass is 16.1. The third-order valence-electron chi connectivity index (χ3n) is 4.60. The fourth-order valence-corrected chi connectivity index (χ4v) is 3.17. The molecular formula is C20H24N2O. The lowest BCUT2D eigenvalue weighted by Gasteiger charge is -2.30. The Morgan fingerprint density at radius 3 is 2.52 bits per heavy atom. The number of likely N-dealkylation sites (tertiary alicyclic amines) is 1. The van der Waals surface area contributed by atoms with Crippen molar-refractivity contribution in [2.24, 2.45) is 13.0 Å². The molecule has 23 heavy (non-hydrogen) atoms. The van der Waals surface area contributed by atoms with E-state index in [9.17, 15) is 4.79 Å². The van der Waals surface area contributed by atoms with Gasteiger partial charge in [0.2, 0.25) is 5.78 Å². The van der Waals surface area contributed by atoms with Gasteiger partial charge in [-0.1, -0.05) is 36.4 Å². The number of allylic oxidation sites excluding steroid dienone is 2. The fourth-order valence-electron chi connectivity index (χ4n) is 3.17. The van der Waals surface area contributed by atoms with Crippen LogP contribution in [0.1, 0.15) is 28.9 Å². The van der Waals surface area contributed by atoms with Gasteiger partial charge in [0.15, 0.2) is 0 Å². The lowest BCUT2D eigenvalue weighted by Crippen LogP contribution is -2.32. The molecule has 2 heterocycles. The van der Waals surface area contributed by atoms with Gasteiger partial charge >= 0.3 is 0 Å². The van der Waals surface area contributed by atoms with E-state index in [1.54, 1.807) is 6.08 Å². The van der Waals surface area contributed by atoms with E-state index in [-0.39, 0.29) is 5.78 Å². The third-order valence-corrected chi connectivity index (χ3v) is 4.60. The second kappa shape index (κ2) is 7.42. The molecule has 1 aromatic heterocycles. The number of carbonyl (C=O) groups excluding carboxylic acids is 1. The number of rotatable bonds is 5. The van der Waals surface area contributed by atoms with Crippen LogP contribution in [0.15, 0.2) is 60.8 Å². The number of benzene rings is 1. The zero-order valence-electron chi connectivity index (χ0n) is 13.7. The minimum atomic E-state index is 0.101. The van der Waals surface area contributed by atoms with E-state index in [0.717, 1.165) is 38.2 Å². The number of hydrogen-bond donors (Lipinski definition) is 0. The standard InChI is InChI=1S/C20H24N2O/c1-21-13-5-8-19(21)20(23)10-9-17-11-14-22(15-12-17)16-18-6-3-2-4-7-18/h2-10,13,17H,11-12,14-16H2,1H3/b10-9+. The monoisotopic (exact) mass is 308 g/mol. The van der Waals surface area contributed by atoms with Crippen LogP contribution in [-0.4, -0.2) is 28.3 Å². The summed E-state index contributed by atoms with van der Waals surface area (Å²) in [5.41, 5.74) is 2.13. The number of nitrogens with zero attached hydrogens (tertiary/aromatic N) is 2. The van der Waals surface area contributed by atoms with Crippen LogP contribution in [0, 0.1) is 5.92 Å². The smallest absolute Gasteiger partial charge is 0.201 e. The highest BCUT2D eigenvalue weighted by Gasteiger charge is 2.17. The van der Waals surface area contributed by atoms with Crippen LogP contribution in [0.3, 0.4) is 0 Å². The zero-order chi connectivity index (χ0) is 16.1. The molecule has 0 atom stereocenters. The second-order valence-electron chi connectivity index (χ2n) is 6.33. The first-order valence-electron chi connectivity index (χ1n) is 8.32. The predicted octanol–water partition coefficient (Wildman–Crippen LogP) is 3.68. The maximum absolute atomic E-state index is 12.2. The van der Waals surface area contributed by atoms with Gasteiger partial charge in [0.1, 0.15) is 0 Å². The van der Waals surface area contributed by atoms with Crippen LogP contribution in [0.25, 0.3) is 0 Å². The molecule has 3 nitrogen and oxygen atoms in total. The van der Waals surface area contributed by atoms with Gasteiger partial charge in [-0.3, -0.25) is 9.69 Å². The SMILES string of the molecule is Cn1cccc1C(=O)/C=C/C1CCN(Cc2ccccc2)CC1. The predicted molar refractivity (Wildman–Crippen MR) is 93.3 cm³/mol. The lowest BCUT2D eigenvalue weighted by atomic mass is 9.95. The minimum Gasteiger partial charge on any atom is -0.348 e. The van der Waals surface area contributed by atoms with E-state index in [0.29, 0.717) is 5.92 Å². The van der Waals surface area contributed by atoms with Crippen LogP contribution in [-0.2, 0) is 13.6 Å². The van der Waals surface area contributed by atoms with Gasteiger partial charge in [-0.2, -0.15) is 0 Å². The summed E-state index contributed by atoms with van der Waals surface area (Å²) in [7, 11) is 1.91. The molecule has 0 unspecified atom stereocenters. The van der Waals surface area contributed by atoms with Gasteiger partial charge in [-0.15, -0.1) is 0 Å². The van der Waals surface area contributed by atoms with Gasteiger partial charge in [0.05, 0.1) is 5.69 Å². The Bertz CT molecular complexity index is 664. The van der Waals surface area contributed by atoms with Gasteiger partial charge in [0, 0.05) is 19.8 Å². The highest BCUT2D eigenvalue weighted by Crippen LogP contribution is 2.20. The summed E-state index contributed by atoms with van der Waals surface area (Å²) in [5, 5.41) is 0. The first-order valence-corrected chi connectivity index (χ1v) is 8.32. The van der Waals surface area contributed by atoms with Gasteiger partial charge < -0.3 is 4.57 Å². The molecule has 0 N–H and O–H groups in total. The molecule has 0 saturated carbocycles. The van der Waals surface area contributed by atoms with E-state index in [1.807, 2.05) is 29.9 Å². The van der Waals surface area contributed by atoms with Crippen LogP contribution in [0.4, 0.5) is 0 Å². The average molecular weight is 308 g/mol. The van der Waals surface area contributed by atoms with E-state index in [2.05, 4.69) is 41.3 Å². The molecule has 1 aliphatic rings. The Labute approximate surface area is 138 Å². The number of ketones is 1. The van der Waals surface area contributed by atoms with Crippen molar-refractivity contribution in [1.29, 1.82) is 0 Å². The first-order chi connectivity index (χ1) is 11.2. The maximum atomic E-state index is 12.2. The molecular weight excluding hydrogens is 284 g/mol. The lowest BCUT2D eigenvalue weighted by molar-refractivity contribution is 0.103. The van der Waals surface area contributed by atoms with Crippen molar-refractivity contribution in [1.82, 2.24) is 9.47 Å². The Morgan fingerprint density at radius 1 is 1.13 bits per heavy atom. The molecule has 1 saturated heterocycles. The minimum absolute atomic E-state index is 0.101. The molecule has 1 aromatic carbocycles. The van der Waals surface area contributed by atoms with Gasteiger partial charge in [0.25, 0.3) is 0 Å². The van der Waals surface area contributed by atoms with Crippen LogP contribution in [0.2, 0.25) is 0 Å². The molecule has 0 spiro atoms. The Hall–Kier alpha value is -2.13. The van der Waals surface area contributed by atoms with Gasteiger partial charge in [-0.25, -0.2) is 0 Å². The molecule has 0 radical (unpaired) electrons. The molecule has 1 aliphatic heterocycles. The van der Waals surface area contributed by atoms with Crippen LogP contribution < -0.4 is 0 Å². The third kappa shape index (κ3) is 4.20. The van der Waals surface area contributed by atoms with Crippen molar-refractivity contribution in [3.8, 4) is 0 Å². The van der Waals surface area contributed by atoms with E-state index >= 15 is 0 Å². The molecule has 0 bridgehead atoms. The quantitative estimate of drug-likeness (QED) is 0.622. The summed E-state index contributed by atoms with van der Waals surface area (Å²) < 4.78 is 1.87. The average Bonchev–Trinajstić information content (AvgIpc) is 3.01.